The molecule has 0 amide bonds. The summed E-state index contributed by atoms with van der Waals surface area (Å²) < 4.78 is 6.83. The molecule has 0 N–H and O–H groups in total. The molecule has 3 aromatic heterocycles. The minimum Gasteiger partial charge on any atom is -0.356 e. The molecule has 3 aromatic rings. The first-order chi connectivity index (χ1) is 9.22. The van der Waals surface area contributed by atoms with Crippen LogP contribution in [0.3, 0.4) is 0 Å². The molecule has 0 saturated carbocycles. The van der Waals surface area contributed by atoms with Gasteiger partial charge in [0.2, 0.25) is 0 Å². The van der Waals surface area contributed by atoms with E-state index in [-0.39, 0.29) is 5.56 Å². The molecule has 3 heterocycles. The van der Waals surface area contributed by atoms with Crippen LogP contribution in [0, 0.1) is 0 Å². The van der Waals surface area contributed by atoms with Crippen molar-refractivity contribution in [2.24, 2.45) is 7.05 Å². The lowest BCUT2D eigenvalue weighted by atomic mass is 10.1. The van der Waals surface area contributed by atoms with E-state index in [9.17, 15) is 4.79 Å². The highest BCUT2D eigenvalue weighted by molar-refractivity contribution is 5.82. The molecule has 0 spiro atoms. The minimum atomic E-state index is -0.101. The van der Waals surface area contributed by atoms with Gasteiger partial charge >= 0.3 is 0 Å². The molecule has 0 radical (unpaired) electrons. The van der Waals surface area contributed by atoms with Gasteiger partial charge in [-0.05, 0) is 18.6 Å². The lowest BCUT2D eigenvalue weighted by molar-refractivity contribution is 0.447. The number of hydrogen-bond acceptors (Lipinski definition) is 4. The van der Waals surface area contributed by atoms with Crippen LogP contribution in [0.5, 0.6) is 0 Å². The summed E-state index contributed by atoms with van der Waals surface area (Å²) in [4.78, 5) is 16.7. The minimum absolute atomic E-state index is 0.101. The average Bonchev–Trinajstić information content (AvgIpc) is 2.87. The zero-order valence-corrected chi connectivity index (χ0v) is 10.8. The molecule has 0 bridgehead atoms. The molecule has 5 heteroatoms. The number of rotatable bonds is 2. The number of aryl methyl sites for hydroxylation is 1. The predicted molar refractivity (Wildman–Crippen MR) is 71.9 cm³/mol. The van der Waals surface area contributed by atoms with Crippen LogP contribution in [-0.2, 0) is 13.5 Å². The molecule has 0 aliphatic rings. The molecule has 0 atom stereocenters. The molecular formula is C14H13N3O2. The van der Waals surface area contributed by atoms with E-state index >= 15 is 0 Å². The van der Waals surface area contributed by atoms with E-state index in [1.807, 2.05) is 31.2 Å². The van der Waals surface area contributed by atoms with E-state index < -0.39 is 0 Å². The highest BCUT2D eigenvalue weighted by atomic mass is 16.5. The summed E-state index contributed by atoms with van der Waals surface area (Å²) in [6.45, 7) is 1.95. The van der Waals surface area contributed by atoms with Crippen LogP contribution in [0.4, 0.5) is 0 Å². The van der Waals surface area contributed by atoms with Crippen molar-refractivity contribution >= 4 is 11.0 Å². The van der Waals surface area contributed by atoms with Gasteiger partial charge in [-0.1, -0.05) is 18.1 Å². The largest absolute Gasteiger partial charge is 0.356 e. The Morgan fingerprint density at radius 2 is 2.21 bits per heavy atom. The lowest BCUT2D eigenvalue weighted by Crippen LogP contribution is -2.19. The molecule has 0 unspecified atom stereocenters. The van der Waals surface area contributed by atoms with Crippen LogP contribution < -0.4 is 5.56 Å². The van der Waals surface area contributed by atoms with Crippen molar-refractivity contribution in [3.63, 3.8) is 0 Å². The summed E-state index contributed by atoms with van der Waals surface area (Å²) in [6, 6.07) is 7.39. The molecule has 3 rings (SSSR count). The van der Waals surface area contributed by atoms with Gasteiger partial charge in [0.1, 0.15) is 5.39 Å². The normalized spacial score (nSPS) is 11.1. The van der Waals surface area contributed by atoms with E-state index in [2.05, 4.69) is 10.1 Å². The molecule has 0 aliphatic heterocycles. The Labute approximate surface area is 109 Å². The second-order valence-corrected chi connectivity index (χ2v) is 4.33. The van der Waals surface area contributed by atoms with Gasteiger partial charge in [0, 0.05) is 19.3 Å². The van der Waals surface area contributed by atoms with Crippen LogP contribution in [-0.4, -0.2) is 14.7 Å². The van der Waals surface area contributed by atoms with Crippen molar-refractivity contribution in [1.29, 1.82) is 0 Å². The molecule has 0 aliphatic carbocycles. The first-order valence-corrected chi connectivity index (χ1v) is 6.12. The number of fused-ring (bicyclic) bond motifs is 1. The summed E-state index contributed by atoms with van der Waals surface area (Å²) in [6.07, 6.45) is 2.37. The maximum Gasteiger partial charge on any atom is 0.263 e. The van der Waals surface area contributed by atoms with Crippen molar-refractivity contribution in [1.82, 2.24) is 14.7 Å². The molecule has 0 saturated heterocycles. The van der Waals surface area contributed by atoms with E-state index in [4.69, 9.17) is 4.52 Å². The SMILES string of the molecule is CCc1noc2cc(-c3ccccn3)n(C)c(=O)c12. The van der Waals surface area contributed by atoms with Gasteiger partial charge in [0.15, 0.2) is 5.58 Å². The van der Waals surface area contributed by atoms with Crippen LogP contribution >= 0.6 is 0 Å². The van der Waals surface area contributed by atoms with E-state index in [1.54, 1.807) is 17.8 Å². The molecule has 5 nitrogen and oxygen atoms in total. The summed E-state index contributed by atoms with van der Waals surface area (Å²) in [5, 5.41) is 4.50. The molecular weight excluding hydrogens is 242 g/mol. The van der Waals surface area contributed by atoms with Crippen molar-refractivity contribution in [2.75, 3.05) is 0 Å². The highest BCUT2D eigenvalue weighted by Crippen LogP contribution is 2.21. The molecule has 96 valence electrons. The second-order valence-electron chi connectivity index (χ2n) is 4.33. The van der Waals surface area contributed by atoms with Gasteiger partial charge in [-0.2, -0.15) is 0 Å². The van der Waals surface area contributed by atoms with Crippen LogP contribution in [0.25, 0.3) is 22.4 Å². The van der Waals surface area contributed by atoms with Crippen LogP contribution in [0.2, 0.25) is 0 Å². The maximum atomic E-state index is 12.4. The molecule has 19 heavy (non-hydrogen) atoms. The Morgan fingerprint density at radius 3 is 2.89 bits per heavy atom. The highest BCUT2D eigenvalue weighted by Gasteiger charge is 2.15. The topological polar surface area (TPSA) is 60.9 Å². The third-order valence-corrected chi connectivity index (χ3v) is 3.20. The number of hydrogen-bond donors (Lipinski definition) is 0. The fraction of sp³-hybridized carbons (Fsp3) is 0.214. The molecule has 0 aromatic carbocycles. The van der Waals surface area contributed by atoms with Crippen molar-refractivity contribution < 1.29 is 4.52 Å². The summed E-state index contributed by atoms with van der Waals surface area (Å²) in [5.41, 5.74) is 2.57. The fourth-order valence-electron chi connectivity index (χ4n) is 2.16. The summed E-state index contributed by atoms with van der Waals surface area (Å²) in [7, 11) is 1.73. The number of pyridine rings is 2. The lowest BCUT2D eigenvalue weighted by Gasteiger charge is -2.07. The Balaban J connectivity index is 2.35. The van der Waals surface area contributed by atoms with Gasteiger partial charge < -0.3 is 9.09 Å². The van der Waals surface area contributed by atoms with E-state index in [0.29, 0.717) is 23.1 Å². The van der Waals surface area contributed by atoms with Crippen LogP contribution in [0.1, 0.15) is 12.6 Å². The van der Waals surface area contributed by atoms with Crippen molar-refractivity contribution in [2.45, 2.75) is 13.3 Å². The monoisotopic (exact) mass is 255 g/mol. The number of aromatic nitrogens is 3. The summed E-state index contributed by atoms with van der Waals surface area (Å²) in [5.74, 6) is 0. The van der Waals surface area contributed by atoms with E-state index in [0.717, 1.165) is 11.4 Å². The Kier molecular flexibility index (Phi) is 2.67. The number of nitrogens with zero attached hydrogens (tertiary/aromatic N) is 3. The standard InChI is InChI=1S/C14H13N3O2/c1-3-9-13-12(19-16-9)8-11(17(2)14(13)18)10-6-4-5-7-15-10/h4-8H,3H2,1-2H3. The Bertz CT molecular complexity index is 788. The maximum absolute atomic E-state index is 12.4. The van der Waals surface area contributed by atoms with Gasteiger partial charge in [0.25, 0.3) is 5.56 Å². The van der Waals surface area contributed by atoms with Crippen molar-refractivity contribution in [3.05, 3.63) is 46.5 Å². The Hall–Kier alpha value is -2.43. The van der Waals surface area contributed by atoms with Gasteiger partial charge in [-0.25, -0.2) is 0 Å². The van der Waals surface area contributed by atoms with Gasteiger partial charge in [-0.3, -0.25) is 9.78 Å². The smallest absolute Gasteiger partial charge is 0.263 e. The zero-order valence-electron chi connectivity index (χ0n) is 10.8. The van der Waals surface area contributed by atoms with Gasteiger partial charge in [-0.15, -0.1) is 0 Å². The Morgan fingerprint density at radius 1 is 1.37 bits per heavy atom. The third-order valence-electron chi connectivity index (χ3n) is 3.20. The predicted octanol–water partition coefficient (Wildman–Crippen LogP) is 2.15. The second kappa shape index (κ2) is 4.35. The molecule has 0 fully saturated rings. The fourth-order valence-corrected chi connectivity index (χ4v) is 2.16. The zero-order chi connectivity index (χ0) is 13.4. The van der Waals surface area contributed by atoms with Gasteiger partial charge in [0.05, 0.1) is 17.1 Å². The summed E-state index contributed by atoms with van der Waals surface area (Å²) >= 11 is 0. The van der Waals surface area contributed by atoms with E-state index in [1.165, 1.54) is 0 Å². The third kappa shape index (κ3) is 1.74. The quantitative estimate of drug-likeness (QED) is 0.704. The average molecular weight is 255 g/mol. The first kappa shape index (κ1) is 11.6. The first-order valence-electron chi connectivity index (χ1n) is 6.12. The van der Waals surface area contributed by atoms with Crippen LogP contribution in [0.15, 0.2) is 39.8 Å². The van der Waals surface area contributed by atoms with Crippen molar-refractivity contribution in [3.8, 4) is 11.4 Å².